The zero-order valence-electron chi connectivity index (χ0n) is 11.2. The summed E-state index contributed by atoms with van der Waals surface area (Å²) in [5.74, 6) is 1.02. The molecule has 0 unspecified atom stereocenters. The SMILES string of the molecule is Cc1ccc(-c2nnc(-c3ccc(Cl)cc3)o2)cc1C. The Morgan fingerprint density at radius 3 is 2.05 bits per heavy atom. The molecule has 0 aliphatic heterocycles. The van der Waals surface area contributed by atoms with Crippen molar-refractivity contribution in [3.63, 3.8) is 0 Å². The summed E-state index contributed by atoms with van der Waals surface area (Å²) in [6.45, 7) is 4.14. The summed E-state index contributed by atoms with van der Waals surface area (Å²) in [4.78, 5) is 0. The summed E-state index contributed by atoms with van der Waals surface area (Å²) in [5, 5.41) is 8.87. The first-order valence-corrected chi connectivity index (χ1v) is 6.68. The average Bonchev–Trinajstić information content (AvgIpc) is 2.92. The minimum absolute atomic E-state index is 0.495. The van der Waals surface area contributed by atoms with Crippen molar-refractivity contribution in [2.45, 2.75) is 13.8 Å². The zero-order chi connectivity index (χ0) is 14.1. The van der Waals surface area contributed by atoms with Crippen LogP contribution in [0.5, 0.6) is 0 Å². The molecule has 3 rings (SSSR count). The van der Waals surface area contributed by atoms with Crippen LogP contribution in [0.4, 0.5) is 0 Å². The van der Waals surface area contributed by atoms with Gasteiger partial charge in [0.1, 0.15) is 0 Å². The van der Waals surface area contributed by atoms with Gasteiger partial charge in [-0.1, -0.05) is 17.7 Å². The van der Waals surface area contributed by atoms with Crippen LogP contribution < -0.4 is 0 Å². The van der Waals surface area contributed by atoms with Crippen molar-refractivity contribution < 1.29 is 4.42 Å². The van der Waals surface area contributed by atoms with E-state index in [1.807, 2.05) is 18.2 Å². The molecule has 20 heavy (non-hydrogen) atoms. The second kappa shape index (κ2) is 5.10. The summed E-state index contributed by atoms with van der Waals surface area (Å²) < 4.78 is 5.73. The number of halogens is 1. The van der Waals surface area contributed by atoms with Crippen molar-refractivity contribution in [1.29, 1.82) is 0 Å². The topological polar surface area (TPSA) is 38.9 Å². The lowest BCUT2D eigenvalue weighted by Crippen LogP contribution is -1.83. The van der Waals surface area contributed by atoms with E-state index < -0.39 is 0 Å². The van der Waals surface area contributed by atoms with E-state index >= 15 is 0 Å². The molecule has 3 nitrogen and oxygen atoms in total. The fourth-order valence-electron chi connectivity index (χ4n) is 1.92. The number of benzene rings is 2. The fraction of sp³-hybridized carbons (Fsp3) is 0.125. The predicted molar refractivity (Wildman–Crippen MR) is 79.7 cm³/mol. The Bertz CT molecular complexity index is 747. The van der Waals surface area contributed by atoms with Crippen molar-refractivity contribution >= 4 is 11.6 Å². The quantitative estimate of drug-likeness (QED) is 0.686. The van der Waals surface area contributed by atoms with Gasteiger partial charge < -0.3 is 4.42 Å². The highest BCUT2D eigenvalue weighted by Gasteiger charge is 2.10. The molecule has 0 saturated heterocycles. The van der Waals surface area contributed by atoms with Gasteiger partial charge in [0.2, 0.25) is 11.8 Å². The second-order valence-electron chi connectivity index (χ2n) is 4.72. The second-order valence-corrected chi connectivity index (χ2v) is 5.15. The maximum absolute atomic E-state index is 5.87. The van der Waals surface area contributed by atoms with Crippen LogP contribution in [-0.2, 0) is 0 Å². The van der Waals surface area contributed by atoms with Gasteiger partial charge in [-0.2, -0.15) is 0 Å². The molecule has 2 aromatic carbocycles. The normalized spacial score (nSPS) is 10.8. The van der Waals surface area contributed by atoms with Gasteiger partial charge in [0.05, 0.1) is 0 Å². The monoisotopic (exact) mass is 284 g/mol. The number of aryl methyl sites for hydroxylation is 2. The van der Waals surface area contributed by atoms with E-state index in [9.17, 15) is 0 Å². The minimum atomic E-state index is 0.495. The lowest BCUT2D eigenvalue weighted by atomic mass is 10.1. The van der Waals surface area contributed by atoms with E-state index in [-0.39, 0.29) is 0 Å². The van der Waals surface area contributed by atoms with Crippen molar-refractivity contribution in [2.75, 3.05) is 0 Å². The van der Waals surface area contributed by atoms with Crippen LogP contribution in [0.3, 0.4) is 0 Å². The average molecular weight is 285 g/mol. The van der Waals surface area contributed by atoms with Crippen LogP contribution in [0.25, 0.3) is 22.9 Å². The molecule has 0 N–H and O–H groups in total. The molecule has 0 atom stereocenters. The molecule has 1 aromatic heterocycles. The standard InChI is InChI=1S/C16H13ClN2O/c1-10-3-4-13(9-11(10)2)16-19-18-15(20-16)12-5-7-14(17)8-6-12/h3-9H,1-2H3. The Morgan fingerprint density at radius 2 is 1.40 bits per heavy atom. The molecule has 0 bridgehead atoms. The van der Waals surface area contributed by atoms with Gasteiger partial charge in [0.25, 0.3) is 0 Å². The highest BCUT2D eigenvalue weighted by molar-refractivity contribution is 6.30. The molecule has 0 aliphatic carbocycles. The number of aromatic nitrogens is 2. The van der Waals surface area contributed by atoms with E-state index in [2.05, 4.69) is 36.2 Å². The Labute approximate surface area is 122 Å². The van der Waals surface area contributed by atoms with Gasteiger partial charge in [0.15, 0.2) is 0 Å². The van der Waals surface area contributed by atoms with Crippen LogP contribution in [0.2, 0.25) is 5.02 Å². The Hall–Kier alpha value is -2.13. The molecule has 4 heteroatoms. The summed E-state index contributed by atoms with van der Waals surface area (Å²) >= 11 is 5.87. The Kier molecular flexibility index (Phi) is 3.28. The molecule has 0 fully saturated rings. The molecular weight excluding hydrogens is 272 g/mol. The molecule has 0 amide bonds. The van der Waals surface area contributed by atoms with Gasteiger partial charge >= 0.3 is 0 Å². The Balaban J connectivity index is 1.97. The summed E-state index contributed by atoms with van der Waals surface area (Å²) in [6, 6.07) is 13.4. The van der Waals surface area contributed by atoms with Crippen LogP contribution >= 0.6 is 11.6 Å². The van der Waals surface area contributed by atoms with Crippen molar-refractivity contribution in [3.05, 3.63) is 58.6 Å². The van der Waals surface area contributed by atoms with E-state index in [0.717, 1.165) is 11.1 Å². The third-order valence-corrected chi connectivity index (χ3v) is 3.52. The van der Waals surface area contributed by atoms with E-state index in [1.165, 1.54) is 11.1 Å². The maximum Gasteiger partial charge on any atom is 0.248 e. The van der Waals surface area contributed by atoms with Crippen molar-refractivity contribution in [3.8, 4) is 22.9 Å². The highest BCUT2D eigenvalue weighted by Crippen LogP contribution is 2.26. The highest BCUT2D eigenvalue weighted by atomic mass is 35.5. The first-order chi connectivity index (χ1) is 9.63. The maximum atomic E-state index is 5.87. The largest absolute Gasteiger partial charge is 0.416 e. The number of nitrogens with zero attached hydrogens (tertiary/aromatic N) is 2. The molecular formula is C16H13ClN2O. The van der Waals surface area contributed by atoms with Gasteiger partial charge in [-0.25, -0.2) is 0 Å². The van der Waals surface area contributed by atoms with Crippen LogP contribution in [0.15, 0.2) is 46.9 Å². The van der Waals surface area contributed by atoms with E-state index in [1.54, 1.807) is 12.1 Å². The lowest BCUT2D eigenvalue weighted by molar-refractivity contribution is 0.584. The first-order valence-electron chi connectivity index (χ1n) is 6.30. The van der Waals surface area contributed by atoms with Crippen LogP contribution in [0, 0.1) is 13.8 Å². The summed E-state index contributed by atoms with van der Waals surface area (Å²) in [7, 11) is 0. The molecule has 100 valence electrons. The van der Waals surface area contributed by atoms with Gasteiger partial charge in [0, 0.05) is 16.1 Å². The van der Waals surface area contributed by atoms with Gasteiger partial charge in [-0.3, -0.25) is 0 Å². The number of hydrogen-bond donors (Lipinski definition) is 0. The first kappa shape index (κ1) is 12.9. The lowest BCUT2D eigenvalue weighted by Gasteiger charge is -2.01. The van der Waals surface area contributed by atoms with Crippen molar-refractivity contribution in [1.82, 2.24) is 10.2 Å². The van der Waals surface area contributed by atoms with E-state index in [4.69, 9.17) is 16.0 Å². The third kappa shape index (κ3) is 2.45. The molecule has 0 spiro atoms. The van der Waals surface area contributed by atoms with Crippen molar-refractivity contribution in [2.24, 2.45) is 0 Å². The van der Waals surface area contributed by atoms with Gasteiger partial charge in [-0.05, 0) is 61.4 Å². The fourth-order valence-corrected chi connectivity index (χ4v) is 2.05. The molecule has 0 aliphatic rings. The molecule has 0 saturated carbocycles. The van der Waals surface area contributed by atoms with Gasteiger partial charge in [-0.15, -0.1) is 10.2 Å². The smallest absolute Gasteiger partial charge is 0.248 e. The number of rotatable bonds is 2. The number of hydrogen-bond acceptors (Lipinski definition) is 3. The minimum Gasteiger partial charge on any atom is -0.416 e. The predicted octanol–water partition coefficient (Wildman–Crippen LogP) is 4.67. The zero-order valence-corrected chi connectivity index (χ0v) is 12.0. The molecule has 1 heterocycles. The molecule has 0 radical (unpaired) electrons. The van der Waals surface area contributed by atoms with Crippen LogP contribution in [0.1, 0.15) is 11.1 Å². The summed E-state index contributed by atoms with van der Waals surface area (Å²) in [6.07, 6.45) is 0. The molecule has 3 aromatic rings. The van der Waals surface area contributed by atoms with E-state index in [0.29, 0.717) is 16.8 Å². The third-order valence-electron chi connectivity index (χ3n) is 3.27. The summed E-state index contributed by atoms with van der Waals surface area (Å²) in [5.41, 5.74) is 4.23. The van der Waals surface area contributed by atoms with Crippen LogP contribution in [-0.4, -0.2) is 10.2 Å². The Morgan fingerprint density at radius 1 is 0.800 bits per heavy atom.